The SMILES string of the molecule is C#CCCC(=O)OCCOCCOCCC.CCC(=O)CCC(Cn1cc(CCC(=O)OCCOCCOCCO)nn1)OC(=O)CC.CCCOCCOCCO.CCCOCCOCCOC(=O)CCc1cn(CC(CCC(=O)CC)OC(=O)CC)nn1. The van der Waals surface area contributed by atoms with Crippen molar-refractivity contribution in [2.45, 2.75) is 183 Å². The first-order valence-corrected chi connectivity index (χ1v) is 31.6. The summed E-state index contributed by atoms with van der Waals surface area (Å²) in [6.07, 6.45) is 15.3. The van der Waals surface area contributed by atoms with Crippen LogP contribution in [-0.4, -0.2) is 233 Å². The molecule has 28 heteroatoms. The summed E-state index contributed by atoms with van der Waals surface area (Å²) >= 11 is 0. The van der Waals surface area contributed by atoms with Crippen molar-refractivity contribution in [1.82, 2.24) is 30.0 Å². The molecule has 0 bridgehead atoms. The van der Waals surface area contributed by atoms with E-state index < -0.39 is 12.2 Å². The van der Waals surface area contributed by atoms with Gasteiger partial charge >= 0.3 is 29.8 Å². The Morgan fingerprint density at radius 2 is 0.733 bits per heavy atom. The van der Waals surface area contributed by atoms with Gasteiger partial charge in [-0.1, -0.05) is 58.9 Å². The van der Waals surface area contributed by atoms with Gasteiger partial charge in [0.15, 0.2) is 0 Å². The highest BCUT2D eigenvalue weighted by atomic mass is 16.6. The fraction of sp³-hybridized carbons (Fsp3) is 0.790. The molecule has 2 N–H and O–H groups in total. The molecule has 0 amide bonds. The van der Waals surface area contributed by atoms with E-state index in [0.717, 1.165) is 32.5 Å². The Kier molecular flexibility index (Phi) is 61.9. The number of carbonyl (C=O) groups excluding carboxylic acids is 7. The van der Waals surface area contributed by atoms with Gasteiger partial charge in [-0.25, -0.2) is 9.36 Å². The zero-order valence-electron chi connectivity index (χ0n) is 54.9. The Morgan fingerprint density at radius 3 is 1.03 bits per heavy atom. The van der Waals surface area contributed by atoms with Crippen LogP contribution in [0.15, 0.2) is 12.4 Å². The lowest BCUT2D eigenvalue weighted by Crippen LogP contribution is -2.24. The molecule has 0 aliphatic carbocycles. The van der Waals surface area contributed by atoms with Crippen LogP contribution in [0.3, 0.4) is 0 Å². The largest absolute Gasteiger partial charge is 0.463 e. The first kappa shape index (κ1) is 86.2. The highest BCUT2D eigenvalue weighted by Crippen LogP contribution is 2.12. The van der Waals surface area contributed by atoms with Gasteiger partial charge in [-0.15, -0.1) is 22.5 Å². The molecular weight excluding hydrogens is 1180 g/mol. The van der Waals surface area contributed by atoms with Gasteiger partial charge in [-0.05, 0) is 32.1 Å². The highest BCUT2D eigenvalue weighted by molar-refractivity contribution is 5.78. The van der Waals surface area contributed by atoms with Crippen LogP contribution in [0.25, 0.3) is 0 Å². The number of hydrogen-bond donors (Lipinski definition) is 2. The Hall–Kier alpha value is -5.87. The molecule has 2 aromatic rings. The van der Waals surface area contributed by atoms with Crippen molar-refractivity contribution in [2.24, 2.45) is 0 Å². The smallest absolute Gasteiger partial charge is 0.306 e. The summed E-state index contributed by atoms with van der Waals surface area (Å²) in [4.78, 5) is 81.2. The van der Waals surface area contributed by atoms with Gasteiger partial charge in [-0.3, -0.25) is 33.6 Å². The minimum Gasteiger partial charge on any atom is -0.463 e. The Morgan fingerprint density at radius 1 is 0.422 bits per heavy atom. The number of aromatic nitrogens is 6. The number of ketones is 2. The van der Waals surface area contributed by atoms with Crippen LogP contribution in [0.1, 0.15) is 156 Å². The van der Waals surface area contributed by atoms with Crippen molar-refractivity contribution in [3.05, 3.63) is 23.8 Å². The van der Waals surface area contributed by atoms with E-state index in [2.05, 4.69) is 40.4 Å². The van der Waals surface area contributed by atoms with Gasteiger partial charge in [0, 0.05) is 90.0 Å². The molecule has 0 saturated heterocycles. The first-order chi connectivity index (χ1) is 43.7. The summed E-state index contributed by atoms with van der Waals surface area (Å²) < 4.78 is 70.4. The number of rotatable bonds is 55. The molecule has 2 unspecified atom stereocenters. The van der Waals surface area contributed by atoms with Crippen molar-refractivity contribution >= 4 is 41.4 Å². The van der Waals surface area contributed by atoms with Crippen molar-refractivity contribution < 1.29 is 105 Å². The predicted molar refractivity (Wildman–Crippen MR) is 329 cm³/mol. The summed E-state index contributed by atoms with van der Waals surface area (Å²) in [6.45, 7) is 22.5. The van der Waals surface area contributed by atoms with E-state index in [1.54, 1.807) is 49.5 Å². The zero-order chi connectivity index (χ0) is 66.9. The minimum atomic E-state index is -0.466. The molecule has 28 nitrogen and oxygen atoms in total. The summed E-state index contributed by atoms with van der Waals surface area (Å²) in [5, 5.41) is 33.0. The van der Waals surface area contributed by atoms with Crippen molar-refractivity contribution in [1.29, 1.82) is 0 Å². The molecule has 518 valence electrons. The molecule has 2 aromatic heterocycles. The van der Waals surface area contributed by atoms with Crippen LogP contribution in [0.4, 0.5) is 0 Å². The monoisotopic (exact) mass is 1290 g/mol. The van der Waals surface area contributed by atoms with Gasteiger partial charge in [-0.2, -0.15) is 0 Å². The average Bonchev–Trinajstić information content (AvgIpc) is 3.11. The van der Waals surface area contributed by atoms with Crippen LogP contribution in [0, 0.1) is 12.3 Å². The summed E-state index contributed by atoms with van der Waals surface area (Å²) in [6, 6.07) is 0. The maximum absolute atomic E-state index is 11.9. The quantitative estimate of drug-likeness (QED) is 0.0383. The van der Waals surface area contributed by atoms with Gasteiger partial charge in [0.25, 0.3) is 0 Å². The topological polar surface area (TPSA) is 341 Å². The van der Waals surface area contributed by atoms with Crippen molar-refractivity contribution in [3.8, 4) is 12.3 Å². The maximum atomic E-state index is 11.9. The van der Waals surface area contributed by atoms with Crippen LogP contribution in [-0.2, 0) is 121 Å². The van der Waals surface area contributed by atoms with E-state index in [9.17, 15) is 33.6 Å². The standard InChI is InChI=1S/C22H37N3O7.C21H35N3O8.C12H20O4.C7H16O3/c1-4-11-29-12-13-30-14-15-31-22(28)10-7-18-16-25(24-23-18)17-20(32-21(27)6-3)9-8-19(26)5-2;1-3-18(26)6-7-19(32-20(27)4-2)16-24-15-17(22-23-24)5-8-21(28)31-14-13-30-12-11-29-10-9-25;1-3-5-6-12(13)16-11-10-15-9-8-14-7-4-2;1-2-4-9-6-7-10-5-3-8/h16,20H,4-15,17H2,1-3H3;15,19,25H,3-14,16H2,1-2H3;1H,4-11H2,2H3;8H,2-7H2,1H3. The fourth-order valence-electron chi connectivity index (χ4n) is 6.76. The third kappa shape index (κ3) is 57.3. The summed E-state index contributed by atoms with van der Waals surface area (Å²) in [7, 11) is 0. The molecule has 90 heavy (non-hydrogen) atoms. The van der Waals surface area contributed by atoms with E-state index in [-0.39, 0.29) is 120 Å². The van der Waals surface area contributed by atoms with Crippen LogP contribution in [0.5, 0.6) is 0 Å². The van der Waals surface area contributed by atoms with Gasteiger partial charge < -0.3 is 71.8 Å². The second-order valence-corrected chi connectivity index (χ2v) is 19.4. The Bertz CT molecular complexity index is 2000. The molecule has 2 rings (SSSR count). The third-order valence-electron chi connectivity index (χ3n) is 11.5. The van der Waals surface area contributed by atoms with Crippen molar-refractivity contribution in [3.63, 3.8) is 0 Å². The molecule has 0 spiro atoms. The average molecular weight is 1290 g/mol. The lowest BCUT2D eigenvalue weighted by molar-refractivity contribution is -0.151. The number of nitrogens with zero attached hydrogens (tertiary/aromatic N) is 6. The van der Waals surface area contributed by atoms with Gasteiger partial charge in [0.1, 0.15) is 43.6 Å². The first-order valence-electron chi connectivity index (χ1n) is 31.6. The zero-order valence-corrected chi connectivity index (χ0v) is 54.9. The normalized spacial score (nSPS) is 11.3. The number of Topliss-reactive ketones (excluding diaryl/α,β-unsaturated/α-hetero) is 2. The molecule has 0 aliphatic rings. The second-order valence-electron chi connectivity index (χ2n) is 19.4. The number of esters is 5. The fourth-order valence-corrected chi connectivity index (χ4v) is 6.76. The van der Waals surface area contributed by atoms with Crippen LogP contribution >= 0.6 is 0 Å². The van der Waals surface area contributed by atoms with Crippen LogP contribution < -0.4 is 0 Å². The molecule has 2 atom stereocenters. The van der Waals surface area contributed by atoms with Gasteiger partial charge in [0.05, 0.1) is 143 Å². The number of terminal acetylenes is 1. The molecule has 0 fully saturated rings. The van der Waals surface area contributed by atoms with E-state index in [0.29, 0.717) is 162 Å². The Balaban J connectivity index is 0. The van der Waals surface area contributed by atoms with E-state index in [1.165, 1.54) is 0 Å². The number of aryl methyl sites for hydroxylation is 2. The summed E-state index contributed by atoms with van der Waals surface area (Å²) in [5.74, 6) is 0.986. The minimum absolute atomic E-state index is 0.0295. The van der Waals surface area contributed by atoms with E-state index in [1.807, 2.05) is 6.92 Å². The number of aliphatic hydroxyl groups is 2. The van der Waals surface area contributed by atoms with E-state index in [4.69, 9.17) is 78.2 Å². The van der Waals surface area contributed by atoms with Crippen molar-refractivity contribution in [2.75, 3.05) is 139 Å². The lowest BCUT2D eigenvalue weighted by atomic mass is 10.1. The van der Waals surface area contributed by atoms with Crippen LogP contribution in [0.2, 0.25) is 0 Å². The molecule has 2 heterocycles. The lowest BCUT2D eigenvalue weighted by Gasteiger charge is -2.17. The predicted octanol–water partition coefficient (Wildman–Crippen LogP) is 4.95. The highest BCUT2D eigenvalue weighted by Gasteiger charge is 2.19. The Labute approximate surface area is 532 Å². The molecule has 0 saturated carbocycles. The molecule has 0 aromatic carbocycles. The summed E-state index contributed by atoms with van der Waals surface area (Å²) in [5.41, 5.74) is 1.25. The second kappa shape index (κ2) is 64.7. The van der Waals surface area contributed by atoms with Gasteiger partial charge in [0.2, 0.25) is 0 Å². The van der Waals surface area contributed by atoms with E-state index >= 15 is 0 Å². The molecule has 0 radical (unpaired) electrons. The molecule has 0 aliphatic heterocycles. The third-order valence-corrected chi connectivity index (χ3v) is 11.5. The maximum Gasteiger partial charge on any atom is 0.306 e. The number of hydrogen-bond acceptors (Lipinski definition) is 26. The molecular formula is C62H108N6O22. The number of carbonyl (C=O) groups is 7. The number of ether oxygens (including phenoxy) is 13. The number of aliphatic hydroxyl groups excluding tert-OH is 2.